The number of carboxylic acid groups (broad SMARTS) is 1. The lowest BCUT2D eigenvalue weighted by Gasteiger charge is -2.22. The molecule has 0 bridgehead atoms. The molecule has 6 amide bonds. The van der Waals surface area contributed by atoms with Gasteiger partial charge in [-0.2, -0.15) is 0 Å². The summed E-state index contributed by atoms with van der Waals surface area (Å²) in [6.45, 7) is 1.84. The number of carbonyl (C=O) groups is 7. The van der Waals surface area contributed by atoms with Crippen LogP contribution < -0.4 is 38.1 Å². The van der Waals surface area contributed by atoms with Crippen LogP contribution in [-0.2, 0) is 46.4 Å². The molecule has 16 nitrogen and oxygen atoms in total. The Labute approximate surface area is 271 Å². The number of carbonyl (C=O) groups excluding carboxylic acids is 6. The third-order valence-corrected chi connectivity index (χ3v) is 6.80. The largest absolute Gasteiger partial charge is 0.508 e. The summed E-state index contributed by atoms with van der Waals surface area (Å²) in [5.74, 6) is -6.72. The Balaban J connectivity index is 2.03. The van der Waals surface area contributed by atoms with Gasteiger partial charge in [-0.15, -0.1) is 0 Å². The molecule has 0 saturated carbocycles. The lowest BCUT2D eigenvalue weighted by molar-refractivity contribution is -0.143. The van der Waals surface area contributed by atoms with Gasteiger partial charge in [0.15, 0.2) is 0 Å². The van der Waals surface area contributed by atoms with Gasteiger partial charge < -0.3 is 48.3 Å². The fourth-order valence-electron chi connectivity index (χ4n) is 4.29. The molecule has 2 aromatic rings. The molecule has 0 heterocycles. The Kier molecular flexibility index (Phi) is 14.8. The van der Waals surface area contributed by atoms with Crippen molar-refractivity contribution in [3.05, 3.63) is 65.7 Å². The van der Waals surface area contributed by atoms with E-state index in [2.05, 4.69) is 26.6 Å². The first-order valence-electron chi connectivity index (χ1n) is 14.7. The maximum Gasteiger partial charge on any atom is 0.326 e. The SMILES string of the molecule is CC(C)[C@H](NC(=O)CNC(=O)[C@H](CC(N)=O)NC(=O)CNC(=O)[C@H](Cc1ccc(O)cc1)NC(=O)[C@@H](N)Cc1ccccc1)C(=O)O. The van der Waals surface area contributed by atoms with Gasteiger partial charge in [-0.25, -0.2) is 4.79 Å². The fraction of sp³-hybridized carbons (Fsp3) is 0.387. The van der Waals surface area contributed by atoms with E-state index in [9.17, 15) is 43.8 Å². The summed E-state index contributed by atoms with van der Waals surface area (Å²) in [7, 11) is 0. The van der Waals surface area contributed by atoms with Gasteiger partial charge in [-0.1, -0.05) is 56.3 Å². The van der Waals surface area contributed by atoms with Gasteiger partial charge >= 0.3 is 5.97 Å². The normalized spacial score (nSPS) is 13.3. The lowest BCUT2D eigenvalue weighted by atomic mass is 10.0. The minimum absolute atomic E-state index is 0.00413. The smallest absolute Gasteiger partial charge is 0.326 e. The molecular weight excluding hydrogens is 614 g/mol. The molecule has 254 valence electrons. The van der Waals surface area contributed by atoms with E-state index in [4.69, 9.17) is 11.5 Å². The van der Waals surface area contributed by atoms with Gasteiger partial charge in [0.05, 0.1) is 25.6 Å². The molecule has 0 fully saturated rings. The predicted octanol–water partition coefficient (Wildman–Crippen LogP) is -2.19. The number of benzene rings is 2. The molecule has 2 rings (SSSR count). The zero-order valence-corrected chi connectivity index (χ0v) is 26.0. The van der Waals surface area contributed by atoms with Gasteiger partial charge in [-0.3, -0.25) is 28.8 Å². The number of amides is 6. The highest BCUT2D eigenvalue weighted by Gasteiger charge is 2.28. The van der Waals surface area contributed by atoms with E-state index in [0.29, 0.717) is 5.56 Å². The number of nitrogens with one attached hydrogen (secondary N) is 5. The van der Waals surface area contributed by atoms with Crippen LogP contribution in [0.3, 0.4) is 0 Å². The maximum atomic E-state index is 13.2. The minimum Gasteiger partial charge on any atom is -0.508 e. The highest BCUT2D eigenvalue weighted by Crippen LogP contribution is 2.12. The molecule has 11 N–H and O–H groups in total. The van der Waals surface area contributed by atoms with Gasteiger partial charge in [0.2, 0.25) is 35.4 Å². The average molecular weight is 656 g/mol. The van der Waals surface area contributed by atoms with Gasteiger partial charge in [0, 0.05) is 6.42 Å². The number of hydrogen-bond donors (Lipinski definition) is 9. The van der Waals surface area contributed by atoms with E-state index in [1.54, 1.807) is 50.2 Å². The highest BCUT2D eigenvalue weighted by molar-refractivity contribution is 5.96. The minimum atomic E-state index is -1.52. The van der Waals surface area contributed by atoms with Crippen LogP contribution in [-0.4, -0.2) is 88.9 Å². The average Bonchev–Trinajstić information content (AvgIpc) is 3.01. The monoisotopic (exact) mass is 655 g/mol. The second-order valence-electron chi connectivity index (χ2n) is 11.1. The number of carboxylic acids is 1. The topological polar surface area (TPSA) is 272 Å². The number of aromatic hydroxyl groups is 1. The lowest BCUT2D eigenvalue weighted by Crippen LogP contribution is -2.55. The molecule has 16 heteroatoms. The molecular formula is C31H41N7O9. The molecule has 0 spiro atoms. The van der Waals surface area contributed by atoms with Crippen molar-refractivity contribution >= 4 is 41.4 Å². The summed E-state index contributed by atoms with van der Waals surface area (Å²) < 4.78 is 0. The first-order chi connectivity index (χ1) is 22.2. The second-order valence-corrected chi connectivity index (χ2v) is 11.1. The molecule has 0 radical (unpaired) electrons. The third-order valence-electron chi connectivity index (χ3n) is 6.80. The number of hydrogen-bond acceptors (Lipinski definition) is 9. The van der Waals surface area contributed by atoms with Crippen LogP contribution in [0.15, 0.2) is 54.6 Å². The van der Waals surface area contributed by atoms with Crippen LogP contribution in [0.2, 0.25) is 0 Å². The Hall–Kier alpha value is -5.51. The van der Waals surface area contributed by atoms with Crippen molar-refractivity contribution in [2.75, 3.05) is 13.1 Å². The summed E-state index contributed by atoms with van der Waals surface area (Å²) in [5, 5.41) is 30.5. The summed E-state index contributed by atoms with van der Waals surface area (Å²) in [6.07, 6.45) is -0.465. The molecule has 0 aliphatic carbocycles. The predicted molar refractivity (Wildman–Crippen MR) is 168 cm³/mol. The maximum absolute atomic E-state index is 13.2. The van der Waals surface area contributed by atoms with E-state index >= 15 is 0 Å². The summed E-state index contributed by atoms with van der Waals surface area (Å²) in [6, 6.07) is 10.0. The molecule has 47 heavy (non-hydrogen) atoms. The van der Waals surface area contributed by atoms with Crippen molar-refractivity contribution in [2.24, 2.45) is 17.4 Å². The molecule has 0 aliphatic heterocycles. The van der Waals surface area contributed by atoms with Crippen molar-refractivity contribution < 1.29 is 43.8 Å². The van der Waals surface area contributed by atoms with Crippen molar-refractivity contribution in [1.29, 1.82) is 0 Å². The first-order valence-corrected chi connectivity index (χ1v) is 14.7. The fourth-order valence-corrected chi connectivity index (χ4v) is 4.29. The van der Waals surface area contributed by atoms with Gasteiger partial charge in [-0.05, 0) is 35.6 Å². The highest BCUT2D eigenvalue weighted by atomic mass is 16.4. The molecule has 4 atom stereocenters. The van der Waals surface area contributed by atoms with Crippen molar-refractivity contribution in [3.63, 3.8) is 0 Å². The van der Waals surface area contributed by atoms with Crippen molar-refractivity contribution in [2.45, 2.75) is 57.3 Å². The Morgan fingerprint density at radius 2 is 1.23 bits per heavy atom. The van der Waals surface area contributed by atoms with Gasteiger partial charge in [0.25, 0.3) is 0 Å². The molecule has 0 unspecified atom stereocenters. The van der Waals surface area contributed by atoms with E-state index < -0.39 is 91.0 Å². The van der Waals surface area contributed by atoms with Crippen LogP contribution in [0.4, 0.5) is 0 Å². The zero-order valence-electron chi connectivity index (χ0n) is 26.0. The summed E-state index contributed by atoms with van der Waals surface area (Å²) in [4.78, 5) is 86.5. The number of phenolic OH excluding ortho intramolecular Hbond substituents is 1. The van der Waals surface area contributed by atoms with E-state index in [1.165, 1.54) is 12.1 Å². The summed E-state index contributed by atoms with van der Waals surface area (Å²) in [5.41, 5.74) is 12.7. The first kappa shape index (κ1) is 37.7. The number of phenols is 1. The number of rotatable bonds is 18. The standard InChI is InChI=1S/C31H41N7O9/c1-17(2)27(31(46)47)38-26(42)16-35-30(45)23(14-24(33)40)36-25(41)15-34-29(44)22(13-19-8-10-20(39)11-9-19)37-28(43)21(32)12-18-6-4-3-5-7-18/h3-11,17,21-23,27,39H,12-16,32H2,1-2H3,(H2,33,40)(H,34,44)(H,35,45)(H,36,41)(H,37,43)(H,38,42)(H,46,47)/t21-,22-,23-,27-/m0/s1. The van der Waals surface area contributed by atoms with Crippen LogP contribution >= 0.6 is 0 Å². The number of nitrogens with two attached hydrogens (primary N) is 2. The number of primary amides is 1. The van der Waals surface area contributed by atoms with Crippen LogP contribution in [0, 0.1) is 5.92 Å². The van der Waals surface area contributed by atoms with E-state index in [-0.39, 0.29) is 18.6 Å². The zero-order chi connectivity index (χ0) is 35.1. The van der Waals surface area contributed by atoms with Crippen LogP contribution in [0.1, 0.15) is 31.4 Å². The number of aliphatic carboxylic acids is 1. The Morgan fingerprint density at radius 3 is 1.77 bits per heavy atom. The van der Waals surface area contributed by atoms with E-state index in [1.807, 2.05) is 6.07 Å². The molecule has 0 saturated heterocycles. The van der Waals surface area contributed by atoms with Crippen molar-refractivity contribution in [1.82, 2.24) is 26.6 Å². The third kappa shape index (κ3) is 13.6. The molecule has 0 aliphatic rings. The quantitative estimate of drug-likeness (QED) is 0.0836. The van der Waals surface area contributed by atoms with Crippen LogP contribution in [0.5, 0.6) is 5.75 Å². The van der Waals surface area contributed by atoms with Crippen molar-refractivity contribution in [3.8, 4) is 5.75 Å². The van der Waals surface area contributed by atoms with Crippen LogP contribution in [0.25, 0.3) is 0 Å². The second kappa shape index (κ2) is 18.5. The molecule has 0 aromatic heterocycles. The van der Waals surface area contributed by atoms with E-state index in [0.717, 1.165) is 5.56 Å². The summed E-state index contributed by atoms with van der Waals surface area (Å²) >= 11 is 0. The molecule has 2 aromatic carbocycles. The Bertz CT molecular complexity index is 1420. The Morgan fingerprint density at radius 1 is 0.702 bits per heavy atom. The van der Waals surface area contributed by atoms with Gasteiger partial charge in [0.1, 0.15) is 23.9 Å².